The van der Waals surface area contributed by atoms with Gasteiger partial charge in [-0.25, -0.2) is 0 Å². The molecule has 0 unspecified atom stereocenters. The Morgan fingerprint density at radius 2 is 1.94 bits per heavy atom. The van der Waals surface area contributed by atoms with Crippen molar-refractivity contribution in [1.29, 1.82) is 0 Å². The van der Waals surface area contributed by atoms with E-state index in [9.17, 15) is 23.2 Å². The van der Waals surface area contributed by atoms with Crippen molar-refractivity contribution in [2.45, 2.75) is 32.9 Å². The number of halogens is 2. The second-order valence-corrected chi connectivity index (χ2v) is 7.52. The van der Waals surface area contributed by atoms with Gasteiger partial charge in [0, 0.05) is 25.1 Å². The smallest absolute Gasteiger partial charge is 0.387 e. The number of hydrogen-bond donors (Lipinski definition) is 1. The van der Waals surface area contributed by atoms with Gasteiger partial charge in [-0.2, -0.15) is 8.78 Å². The van der Waals surface area contributed by atoms with Gasteiger partial charge in [0.1, 0.15) is 6.54 Å². The van der Waals surface area contributed by atoms with Crippen LogP contribution in [0.3, 0.4) is 0 Å². The van der Waals surface area contributed by atoms with Crippen LogP contribution in [0.1, 0.15) is 30.6 Å². The molecule has 33 heavy (non-hydrogen) atoms. The molecule has 3 rings (SSSR count). The maximum absolute atomic E-state index is 13.2. The summed E-state index contributed by atoms with van der Waals surface area (Å²) in [4.78, 5) is 41.0. The van der Waals surface area contributed by atoms with Crippen molar-refractivity contribution < 1.29 is 32.6 Å². The molecule has 10 heteroatoms. The van der Waals surface area contributed by atoms with Crippen LogP contribution in [0, 0.1) is 0 Å². The first kappa shape index (κ1) is 24.0. The summed E-state index contributed by atoms with van der Waals surface area (Å²) in [6.45, 7) is 0.323. The summed E-state index contributed by atoms with van der Waals surface area (Å²) in [5, 5.41) is 2.78. The molecular weight excluding hydrogens is 436 g/mol. The van der Waals surface area contributed by atoms with Crippen molar-refractivity contribution in [3.8, 4) is 11.5 Å². The molecule has 0 fully saturated rings. The Morgan fingerprint density at radius 1 is 1.21 bits per heavy atom. The summed E-state index contributed by atoms with van der Waals surface area (Å²) >= 11 is 0. The molecule has 8 nitrogen and oxygen atoms in total. The van der Waals surface area contributed by atoms with E-state index in [1.807, 2.05) is 0 Å². The Hall–Kier alpha value is -3.69. The van der Waals surface area contributed by atoms with Crippen LogP contribution in [-0.2, 0) is 9.59 Å². The summed E-state index contributed by atoms with van der Waals surface area (Å²) in [5.74, 6) is -1.26. The first-order valence-corrected chi connectivity index (χ1v) is 10.4. The van der Waals surface area contributed by atoms with Crippen molar-refractivity contribution in [2.75, 3.05) is 30.4 Å². The van der Waals surface area contributed by atoms with Crippen LogP contribution in [0.25, 0.3) is 0 Å². The maximum Gasteiger partial charge on any atom is 0.387 e. The van der Waals surface area contributed by atoms with E-state index in [0.29, 0.717) is 11.4 Å². The Bertz CT molecular complexity index is 1050. The molecule has 0 spiro atoms. The van der Waals surface area contributed by atoms with E-state index in [1.54, 1.807) is 38.1 Å². The lowest BCUT2D eigenvalue weighted by Gasteiger charge is -2.29. The number of ether oxygens (including phenoxy) is 2. The minimum Gasteiger partial charge on any atom is -0.490 e. The van der Waals surface area contributed by atoms with E-state index in [1.165, 1.54) is 35.0 Å². The fraction of sp³-hybridized carbons (Fsp3) is 0.348. The third-order valence-electron chi connectivity index (χ3n) is 5.05. The number of fused-ring (bicyclic) bond motifs is 1. The van der Waals surface area contributed by atoms with Gasteiger partial charge in [-0.3, -0.25) is 14.4 Å². The molecule has 0 aliphatic carbocycles. The molecule has 2 aromatic carbocycles. The number of rotatable bonds is 7. The Morgan fingerprint density at radius 3 is 2.64 bits per heavy atom. The van der Waals surface area contributed by atoms with Gasteiger partial charge >= 0.3 is 6.61 Å². The number of nitrogens with zero attached hydrogens (tertiary/aromatic N) is 2. The number of anilines is 2. The molecule has 0 aromatic heterocycles. The van der Waals surface area contributed by atoms with E-state index in [-0.39, 0.29) is 48.4 Å². The number of para-hydroxylation sites is 2. The summed E-state index contributed by atoms with van der Waals surface area (Å²) < 4.78 is 35.0. The van der Waals surface area contributed by atoms with E-state index in [2.05, 4.69) is 10.1 Å². The van der Waals surface area contributed by atoms with Gasteiger partial charge in [0.05, 0.1) is 18.0 Å². The lowest BCUT2D eigenvalue weighted by molar-refractivity contribution is -0.119. The average molecular weight is 461 g/mol. The Labute approximate surface area is 190 Å². The highest BCUT2D eigenvalue weighted by Gasteiger charge is 2.31. The number of benzene rings is 2. The molecule has 1 aliphatic heterocycles. The average Bonchev–Trinajstić information content (AvgIpc) is 2.88. The lowest BCUT2D eigenvalue weighted by Crippen LogP contribution is -2.45. The van der Waals surface area contributed by atoms with Crippen LogP contribution in [0.5, 0.6) is 11.5 Å². The minimum atomic E-state index is -3.04. The molecule has 0 radical (unpaired) electrons. The fourth-order valence-corrected chi connectivity index (χ4v) is 3.64. The topological polar surface area (TPSA) is 88.2 Å². The van der Waals surface area contributed by atoms with Gasteiger partial charge in [0.2, 0.25) is 11.8 Å². The first-order valence-electron chi connectivity index (χ1n) is 10.4. The molecule has 2 aromatic rings. The maximum atomic E-state index is 13.2. The monoisotopic (exact) mass is 461 g/mol. The zero-order valence-corrected chi connectivity index (χ0v) is 18.5. The van der Waals surface area contributed by atoms with Gasteiger partial charge in [-0.15, -0.1) is 0 Å². The summed E-state index contributed by atoms with van der Waals surface area (Å²) in [5.41, 5.74) is 1.22. The number of nitrogens with one attached hydrogen (secondary N) is 1. The number of likely N-dealkylation sites (N-methyl/N-ethyl adjacent to an activating group) is 1. The van der Waals surface area contributed by atoms with Crippen molar-refractivity contribution in [2.24, 2.45) is 0 Å². The molecule has 1 N–H and O–H groups in total. The predicted octanol–water partition coefficient (Wildman–Crippen LogP) is 3.52. The first-order chi connectivity index (χ1) is 15.7. The quantitative estimate of drug-likeness (QED) is 0.682. The molecule has 0 bridgehead atoms. The number of hydrogen-bond acceptors (Lipinski definition) is 5. The molecule has 0 saturated heterocycles. The van der Waals surface area contributed by atoms with Gasteiger partial charge in [0.15, 0.2) is 11.5 Å². The molecule has 1 atom stereocenters. The van der Waals surface area contributed by atoms with Gasteiger partial charge < -0.3 is 24.6 Å². The van der Waals surface area contributed by atoms with Crippen LogP contribution in [-0.4, -0.2) is 55.5 Å². The Kier molecular flexibility index (Phi) is 7.47. The molecule has 3 amide bonds. The van der Waals surface area contributed by atoms with Crippen LogP contribution in [0.4, 0.5) is 20.2 Å². The van der Waals surface area contributed by atoms with Crippen LogP contribution in [0.15, 0.2) is 42.5 Å². The van der Waals surface area contributed by atoms with Gasteiger partial charge in [-0.05, 0) is 44.2 Å². The normalized spacial score (nSPS) is 15.4. The zero-order valence-electron chi connectivity index (χ0n) is 18.5. The Balaban J connectivity index is 1.80. The van der Waals surface area contributed by atoms with Crippen molar-refractivity contribution >= 4 is 29.1 Å². The minimum absolute atomic E-state index is 0.00281. The molecule has 1 aliphatic rings. The fourth-order valence-electron chi connectivity index (χ4n) is 3.64. The SMILES string of the molecule is CCOc1cc(C(=O)N(C)CC(=O)N2c3ccccc3NC(=O)C[C@H]2C)ccc1OC(F)F. The third-order valence-corrected chi connectivity index (χ3v) is 5.05. The lowest BCUT2D eigenvalue weighted by atomic mass is 10.1. The van der Waals surface area contributed by atoms with Crippen LogP contribution >= 0.6 is 0 Å². The molecule has 0 saturated carbocycles. The summed E-state index contributed by atoms with van der Waals surface area (Å²) in [7, 11) is 1.46. The molecular formula is C23H25F2N3O5. The van der Waals surface area contributed by atoms with E-state index in [4.69, 9.17) is 4.74 Å². The number of carbonyl (C=O) groups excluding carboxylic acids is 3. The standard InChI is InChI=1S/C23H25F2N3O5/c1-4-32-19-12-15(9-10-18(19)33-23(24)25)22(31)27(3)13-21(30)28-14(2)11-20(29)26-16-7-5-6-8-17(16)28/h5-10,12,14,23H,4,11,13H2,1-3H3,(H,26,29)/t14-/m1/s1. The van der Waals surface area contributed by atoms with Crippen LogP contribution < -0.4 is 19.7 Å². The highest BCUT2D eigenvalue weighted by atomic mass is 19.3. The summed E-state index contributed by atoms with van der Waals surface area (Å²) in [6.07, 6.45) is 0.112. The molecule has 176 valence electrons. The number of amides is 3. The van der Waals surface area contributed by atoms with Gasteiger partial charge in [0.25, 0.3) is 5.91 Å². The largest absolute Gasteiger partial charge is 0.490 e. The number of carbonyl (C=O) groups is 3. The molecule has 1 heterocycles. The second-order valence-electron chi connectivity index (χ2n) is 7.52. The number of alkyl halides is 2. The van der Waals surface area contributed by atoms with Crippen molar-refractivity contribution in [1.82, 2.24) is 4.90 Å². The zero-order chi connectivity index (χ0) is 24.1. The highest BCUT2D eigenvalue weighted by molar-refractivity contribution is 6.06. The van der Waals surface area contributed by atoms with E-state index < -0.39 is 18.6 Å². The highest BCUT2D eigenvalue weighted by Crippen LogP contribution is 2.32. The van der Waals surface area contributed by atoms with Crippen LogP contribution in [0.2, 0.25) is 0 Å². The van der Waals surface area contributed by atoms with Crippen molar-refractivity contribution in [3.05, 3.63) is 48.0 Å². The van der Waals surface area contributed by atoms with Gasteiger partial charge in [-0.1, -0.05) is 12.1 Å². The van der Waals surface area contributed by atoms with E-state index in [0.717, 1.165) is 0 Å². The summed E-state index contributed by atoms with van der Waals surface area (Å²) in [6, 6.07) is 10.4. The third kappa shape index (κ3) is 5.57. The van der Waals surface area contributed by atoms with E-state index >= 15 is 0 Å². The van der Waals surface area contributed by atoms with Crippen molar-refractivity contribution in [3.63, 3.8) is 0 Å². The second kappa shape index (κ2) is 10.3. The predicted molar refractivity (Wildman–Crippen MR) is 118 cm³/mol.